The number of terminal acetylenes is 1. The van der Waals surface area contributed by atoms with Crippen molar-refractivity contribution in [2.45, 2.75) is 0 Å². The van der Waals surface area contributed by atoms with Gasteiger partial charge in [-0.25, -0.2) is 0 Å². The second-order valence-corrected chi connectivity index (χ2v) is 3.76. The summed E-state index contributed by atoms with van der Waals surface area (Å²) in [4.78, 5) is 0. The Bertz CT molecular complexity index is 118. The predicted octanol–water partition coefficient (Wildman–Crippen LogP) is -0.0315. The van der Waals surface area contributed by atoms with Gasteiger partial charge in [-0.1, -0.05) is 6.42 Å². The molecule has 0 aliphatic carbocycles. The molecule has 0 aromatic heterocycles. The molecule has 0 bridgehead atoms. The lowest BCUT2D eigenvalue weighted by Crippen LogP contribution is -2.45. The third-order valence-electron chi connectivity index (χ3n) is 0.934. The molecule has 0 saturated heterocycles. The molecule has 4 nitrogen and oxygen atoms in total. The summed E-state index contributed by atoms with van der Waals surface area (Å²) in [7, 11) is 1.29. The predicted molar refractivity (Wildman–Crippen MR) is 36.7 cm³/mol. The van der Waals surface area contributed by atoms with E-state index in [9.17, 15) is 0 Å². The Morgan fingerprint density at radius 2 is 1.50 bits per heavy atom. The first-order valence-corrected chi connectivity index (χ1v) is 4.17. The molecule has 0 aliphatic heterocycles. The average molecular weight is 162 g/mol. The molecule has 0 atom stereocenters. The van der Waals surface area contributed by atoms with Gasteiger partial charge in [0.15, 0.2) is 0 Å². The lowest BCUT2D eigenvalue weighted by molar-refractivity contribution is 0.0410. The van der Waals surface area contributed by atoms with Crippen molar-refractivity contribution in [2.24, 2.45) is 0 Å². The van der Waals surface area contributed by atoms with Crippen molar-refractivity contribution in [2.75, 3.05) is 21.3 Å². The molecule has 0 radical (unpaired) electrons. The lowest BCUT2D eigenvalue weighted by atomic mass is 11.3. The zero-order chi connectivity index (χ0) is 8.04. The second kappa shape index (κ2) is 4.30. The molecule has 0 rings (SSSR count). The SMILES string of the molecule is C#CO[Si](OC)(OC)OC. The molecular weight excluding hydrogens is 152 g/mol. The van der Waals surface area contributed by atoms with E-state index in [1.165, 1.54) is 21.3 Å². The zero-order valence-corrected chi connectivity index (χ0v) is 7.21. The maximum Gasteiger partial charge on any atom is 0.757 e. The van der Waals surface area contributed by atoms with Crippen LogP contribution in [0.2, 0.25) is 0 Å². The minimum absolute atomic E-state index is 1.41. The van der Waals surface area contributed by atoms with E-state index in [0.717, 1.165) is 0 Å². The van der Waals surface area contributed by atoms with Crippen molar-refractivity contribution in [3.05, 3.63) is 0 Å². The summed E-state index contributed by atoms with van der Waals surface area (Å²) >= 11 is 0. The van der Waals surface area contributed by atoms with E-state index >= 15 is 0 Å². The Balaban J connectivity index is 4.04. The molecule has 0 aliphatic rings. The van der Waals surface area contributed by atoms with E-state index in [1.54, 1.807) is 0 Å². The number of hydrogen-bond donors (Lipinski definition) is 0. The number of rotatable bonds is 4. The van der Waals surface area contributed by atoms with Crippen molar-refractivity contribution in [3.63, 3.8) is 0 Å². The molecular formula is C5H10O4Si. The minimum Gasteiger partial charge on any atom is -0.429 e. The lowest BCUT2D eigenvalue weighted by Gasteiger charge is -2.18. The fraction of sp³-hybridized carbons (Fsp3) is 0.600. The summed E-state index contributed by atoms with van der Waals surface area (Å²) in [5.74, 6) is 0. The zero-order valence-electron chi connectivity index (χ0n) is 6.21. The molecule has 10 heavy (non-hydrogen) atoms. The van der Waals surface area contributed by atoms with Crippen LogP contribution >= 0.6 is 0 Å². The Morgan fingerprint density at radius 3 is 1.60 bits per heavy atom. The first kappa shape index (κ1) is 9.46. The van der Waals surface area contributed by atoms with Crippen LogP contribution in [0.25, 0.3) is 0 Å². The van der Waals surface area contributed by atoms with Crippen LogP contribution in [0.1, 0.15) is 0 Å². The standard InChI is InChI=1S/C5H10O4Si/c1-5-9-10(6-2,7-3)8-4/h1H,2-4H3. The van der Waals surface area contributed by atoms with Gasteiger partial charge in [0.1, 0.15) is 0 Å². The molecule has 0 unspecified atom stereocenters. The summed E-state index contributed by atoms with van der Waals surface area (Å²) in [6, 6.07) is 0. The van der Waals surface area contributed by atoms with E-state index in [4.69, 9.17) is 19.7 Å². The summed E-state index contributed by atoms with van der Waals surface area (Å²) in [6.45, 7) is 0. The fourth-order valence-corrected chi connectivity index (χ4v) is 1.34. The van der Waals surface area contributed by atoms with Crippen LogP contribution in [0.5, 0.6) is 0 Å². The van der Waals surface area contributed by atoms with Crippen molar-refractivity contribution in [1.82, 2.24) is 0 Å². The van der Waals surface area contributed by atoms with Gasteiger partial charge >= 0.3 is 9.05 Å². The van der Waals surface area contributed by atoms with Crippen LogP contribution in [0.4, 0.5) is 0 Å². The maximum atomic E-state index is 4.86. The van der Waals surface area contributed by atoms with Gasteiger partial charge in [0, 0.05) is 21.3 Å². The van der Waals surface area contributed by atoms with Crippen molar-refractivity contribution in [3.8, 4) is 12.5 Å². The van der Waals surface area contributed by atoms with Crippen LogP contribution in [0.15, 0.2) is 0 Å². The normalized spacial score (nSPS) is 10.6. The Hall–Kier alpha value is -0.543. The highest BCUT2D eigenvalue weighted by Gasteiger charge is 2.44. The van der Waals surface area contributed by atoms with Crippen molar-refractivity contribution >= 4 is 9.05 Å². The number of hydrogen-bond acceptors (Lipinski definition) is 4. The monoisotopic (exact) mass is 162 g/mol. The minimum atomic E-state index is -2.95. The molecule has 0 N–H and O–H groups in total. The van der Waals surface area contributed by atoms with Crippen LogP contribution in [0.3, 0.4) is 0 Å². The van der Waals surface area contributed by atoms with Gasteiger partial charge in [-0.05, 0) is 0 Å². The Kier molecular flexibility index (Phi) is 4.07. The van der Waals surface area contributed by atoms with Crippen LogP contribution < -0.4 is 0 Å². The van der Waals surface area contributed by atoms with Gasteiger partial charge in [0.25, 0.3) is 0 Å². The molecule has 0 amide bonds. The van der Waals surface area contributed by atoms with Crippen LogP contribution in [0, 0.1) is 12.5 Å². The van der Waals surface area contributed by atoms with E-state index < -0.39 is 9.05 Å². The summed E-state index contributed by atoms with van der Waals surface area (Å²) in [5, 5.41) is 0. The van der Waals surface area contributed by atoms with Crippen molar-refractivity contribution in [1.29, 1.82) is 0 Å². The first-order chi connectivity index (χ1) is 4.74. The summed E-state index contributed by atoms with van der Waals surface area (Å²) in [6.07, 6.45) is 6.81. The highest BCUT2D eigenvalue weighted by atomic mass is 28.4. The van der Waals surface area contributed by atoms with Crippen molar-refractivity contribution < 1.29 is 17.7 Å². The fourth-order valence-electron chi connectivity index (χ4n) is 0.447. The van der Waals surface area contributed by atoms with E-state index in [0.29, 0.717) is 0 Å². The first-order valence-electron chi connectivity index (χ1n) is 2.53. The van der Waals surface area contributed by atoms with Crippen LogP contribution in [-0.4, -0.2) is 30.4 Å². The molecule has 5 heteroatoms. The smallest absolute Gasteiger partial charge is 0.429 e. The molecule has 0 aromatic carbocycles. The molecule has 0 aromatic rings. The molecule has 0 fully saturated rings. The van der Waals surface area contributed by atoms with Gasteiger partial charge in [-0.15, -0.1) is 0 Å². The molecule has 0 spiro atoms. The van der Waals surface area contributed by atoms with Crippen LogP contribution in [-0.2, 0) is 17.7 Å². The summed E-state index contributed by atoms with van der Waals surface area (Å²) in [5.41, 5.74) is 0. The summed E-state index contributed by atoms with van der Waals surface area (Å²) < 4.78 is 19.1. The molecule has 58 valence electrons. The van der Waals surface area contributed by atoms with E-state index in [1.807, 2.05) is 6.11 Å². The van der Waals surface area contributed by atoms with E-state index in [2.05, 4.69) is 4.43 Å². The average Bonchev–Trinajstić information content (AvgIpc) is 2.01. The van der Waals surface area contributed by atoms with Gasteiger partial charge in [0.05, 0.1) is 6.11 Å². The Labute approximate surface area is 61.5 Å². The highest BCUT2D eigenvalue weighted by Crippen LogP contribution is 2.05. The van der Waals surface area contributed by atoms with Gasteiger partial charge in [0.2, 0.25) is 0 Å². The van der Waals surface area contributed by atoms with Gasteiger partial charge in [-0.2, -0.15) is 0 Å². The third kappa shape index (κ3) is 2.00. The third-order valence-corrected chi connectivity index (χ3v) is 2.80. The largest absolute Gasteiger partial charge is 0.757 e. The van der Waals surface area contributed by atoms with Gasteiger partial charge < -0.3 is 17.7 Å². The highest BCUT2D eigenvalue weighted by molar-refractivity contribution is 6.53. The maximum absolute atomic E-state index is 4.86. The van der Waals surface area contributed by atoms with Gasteiger partial charge in [-0.3, -0.25) is 0 Å². The quantitative estimate of drug-likeness (QED) is 0.429. The second-order valence-electron chi connectivity index (χ2n) is 1.33. The van der Waals surface area contributed by atoms with E-state index in [-0.39, 0.29) is 0 Å². The molecule has 0 saturated carbocycles. The topological polar surface area (TPSA) is 36.9 Å². The molecule has 0 heterocycles. The Morgan fingerprint density at radius 1 is 1.10 bits per heavy atom.